The largest absolute Gasteiger partial charge is 0.448 e. The van der Waals surface area contributed by atoms with Crippen molar-refractivity contribution in [2.75, 3.05) is 13.2 Å². The molecule has 0 saturated carbocycles. The minimum atomic E-state index is -0.349. The van der Waals surface area contributed by atoms with Gasteiger partial charge in [-0.25, -0.2) is 4.79 Å². The molecule has 0 radical (unpaired) electrons. The molecule has 5 rings (SSSR count). The lowest BCUT2D eigenvalue weighted by Crippen LogP contribution is -2.34. The fourth-order valence-corrected chi connectivity index (χ4v) is 4.68. The van der Waals surface area contributed by atoms with Crippen molar-refractivity contribution in [1.29, 1.82) is 0 Å². The monoisotopic (exact) mass is 386 g/mol. The second-order valence-corrected chi connectivity index (χ2v) is 7.61. The van der Waals surface area contributed by atoms with Gasteiger partial charge in [0.15, 0.2) is 0 Å². The highest BCUT2D eigenvalue weighted by Gasteiger charge is 2.34. The Morgan fingerprint density at radius 2 is 1.62 bits per heavy atom. The standard InChI is InChI=1S/C24H22N2O3/c27-23-20(11-5-13-25-23)22-12-6-14-26(22)24(28)29-15-21-18-9-3-1-7-16(18)17-8-2-4-10-19(17)21/h1-5,7-11,13,21-22H,6,12,14-15H2,(H,25,27). The quantitative estimate of drug-likeness (QED) is 0.723. The molecule has 1 unspecified atom stereocenters. The fourth-order valence-electron chi connectivity index (χ4n) is 4.68. The number of H-pyrrole nitrogens is 1. The number of nitrogens with zero attached hydrogens (tertiary/aromatic N) is 1. The van der Waals surface area contributed by atoms with Gasteiger partial charge in [0.05, 0.1) is 6.04 Å². The molecule has 5 nitrogen and oxygen atoms in total. The fraction of sp³-hybridized carbons (Fsp3) is 0.250. The smallest absolute Gasteiger partial charge is 0.410 e. The number of aromatic amines is 1. The number of ether oxygens (including phenoxy) is 1. The van der Waals surface area contributed by atoms with E-state index in [1.165, 1.54) is 22.3 Å². The van der Waals surface area contributed by atoms with Gasteiger partial charge >= 0.3 is 6.09 Å². The molecular weight excluding hydrogens is 364 g/mol. The second-order valence-electron chi connectivity index (χ2n) is 7.61. The van der Waals surface area contributed by atoms with Gasteiger partial charge in [-0.3, -0.25) is 4.79 Å². The van der Waals surface area contributed by atoms with E-state index in [4.69, 9.17) is 4.74 Å². The summed E-state index contributed by atoms with van der Waals surface area (Å²) in [5, 5.41) is 0. The number of pyridine rings is 1. The highest BCUT2D eigenvalue weighted by molar-refractivity contribution is 5.79. The molecule has 1 aliphatic heterocycles. The van der Waals surface area contributed by atoms with Crippen LogP contribution in [0.15, 0.2) is 71.7 Å². The number of hydrogen-bond acceptors (Lipinski definition) is 3. The molecule has 0 spiro atoms. The Bertz CT molecular complexity index is 1080. The van der Waals surface area contributed by atoms with Gasteiger partial charge in [0.2, 0.25) is 0 Å². The summed E-state index contributed by atoms with van der Waals surface area (Å²) in [5.41, 5.74) is 5.28. The third-order valence-corrected chi connectivity index (χ3v) is 6.03. The van der Waals surface area contributed by atoms with Crippen LogP contribution >= 0.6 is 0 Å². The molecule has 29 heavy (non-hydrogen) atoms. The van der Waals surface area contributed by atoms with Gasteiger partial charge in [0, 0.05) is 24.2 Å². The van der Waals surface area contributed by atoms with E-state index in [-0.39, 0.29) is 23.6 Å². The van der Waals surface area contributed by atoms with Crippen LogP contribution in [0.3, 0.4) is 0 Å². The van der Waals surface area contributed by atoms with Gasteiger partial charge in [-0.2, -0.15) is 0 Å². The molecular formula is C24H22N2O3. The van der Waals surface area contributed by atoms with E-state index >= 15 is 0 Å². The van der Waals surface area contributed by atoms with Crippen molar-refractivity contribution in [3.05, 3.63) is 93.9 Å². The topological polar surface area (TPSA) is 62.4 Å². The SMILES string of the molecule is O=C(OCC1c2ccccc2-c2ccccc21)N1CCCC1c1ccc[nH]c1=O. The Hall–Kier alpha value is -3.34. The number of rotatable bonds is 3. The number of likely N-dealkylation sites (tertiary alicyclic amines) is 1. The summed E-state index contributed by atoms with van der Waals surface area (Å²) in [6.07, 6.45) is 2.90. The molecule has 2 heterocycles. The van der Waals surface area contributed by atoms with Crippen LogP contribution in [0, 0.1) is 0 Å². The van der Waals surface area contributed by atoms with Crippen molar-refractivity contribution >= 4 is 6.09 Å². The lowest BCUT2D eigenvalue weighted by Gasteiger charge is -2.25. The van der Waals surface area contributed by atoms with Gasteiger partial charge in [0.25, 0.3) is 5.56 Å². The highest BCUT2D eigenvalue weighted by Crippen LogP contribution is 2.44. The number of hydrogen-bond donors (Lipinski definition) is 1. The summed E-state index contributed by atoms with van der Waals surface area (Å²) in [6, 6.07) is 19.9. The number of benzene rings is 2. The average molecular weight is 386 g/mol. The number of carbonyl (C=O) groups is 1. The molecule has 1 saturated heterocycles. The zero-order valence-corrected chi connectivity index (χ0v) is 16.0. The van der Waals surface area contributed by atoms with Crippen molar-refractivity contribution in [2.45, 2.75) is 24.8 Å². The van der Waals surface area contributed by atoms with E-state index in [0.29, 0.717) is 18.7 Å². The van der Waals surface area contributed by atoms with Crippen LogP contribution in [-0.4, -0.2) is 29.1 Å². The molecule has 5 heteroatoms. The molecule has 0 bridgehead atoms. The molecule has 1 aromatic heterocycles. The summed E-state index contributed by atoms with van der Waals surface area (Å²) in [6.45, 7) is 0.900. The maximum absolute atomic E-state index is 12.9. The van der Waals surface area contributed by atoms with E-state index < -0.39 is 0 Å². The highest BCUT2D eigenvalue weighted by atomic mass is 16.6. The normalized spacial score (nSPS) is 17.8. The molecule has 1 amide bonds. The maximum Gasteiger partial charge on any atom is 0.410 e. The first-order valence-corrected chi connectivity index (χ1v) is 10.0. The van der Waals surface area contributed by atoms with Gasteiger partial charge in [-0.1, -0.05) is 48.5 Å². The summed E-state index contributed by atoms with van der Waals surface area (Å²) in [4.78, 5) is 29.5. The number of fused-ring (bicyclic) bond motifs is 3. The molecule has 3 aromatic rings. The molecule has 2 aromatic carbocycles. The minimum Gasteiger partial charge on any atom is -0.448 e. The molecule has 1 atom stereocenters. The number of aromatic nitrogens is 1. The second kappa shape index (κ2) is 7.24. The van der Waals surface area contributed by atoms with Gasteiger partial charge in [-0.15, -0.1) is 0 Å². The lowest BCUT2D eigenvalue weighted by molar-refractivity contribution is 0.0954. The predicted molar refractivity (Wildman–Crippen MR) is 111 cm³/mol. The van der Waals surface area contributed by atoms with Crippen molar-refractivity contribution in [3.63, 3.8) is 0 Å². The Morgan fingerprint density at radius 1 is 0.966 bits per heavy atom. The molecule has 1 fully saturated rings. The summed E-state index contributed by atoms with van der Waals surface area (Å²) in [7, 11) is 0. The van der Waals surface area contributed by atoms with E-state index in [1.54, 1.807) is 23.2 Å². The lowest BCUT2D eigenvalue weighted by atomic mass is 9.98. The molecule has 1 aliphatic carbocycles. The number of carbonyl (C=O) groups excluding carboxylic acids is 1. The van der Waals surface area contributed by atoms with Crippen molar-refractivity contribution in [3.8, 4) is 11.1 Å². The van der Waals surface area contributed by atoms with Gasteiger partial charge < -0.3 is 14.6 Å². The van der Waals surface area contributed by atoms with Crippen LogP contribution < -0.4 is 5.56 Å². The van der Waals surface area contributed by atoms with E-state index in [0.717, 1.165) is 12.8 Å². The Kier molecular flexibility index (Phi) is 4.43. The first kappa shape index (κ1) is 17.7. The van der Waals surface area contributed by atoms with Crippen LogP contribution in [-0.2, 0) is 4.74 Å². The van der Waals surface area contributed by atoms with Crippen molar-refractivity contribution in [1.82, 2.24) is 9.88 Å². The Balaban J connectivity index is 1.36. The summed E-state index contributed by atoms with van der Waals surface area (Å²) in [5.74, 6) is 0.0348. The first-order valence-electron chi connectivity index (χ1n) is 10.0. The van der Waals surface area contributed by atoms with Crippen LogP contribution in [0.1, 0.15) is 41.5 Å². The van der Waals surface area contributed by atoms with Crippen molar-refractivity contribution < 1.29 is 9.53 Å². The van der Waals surface area contributed by atoms with Crippen molar-refractivity contribution in [2.24, 2.45) is 0 Å². The Labute approximate surface area is 169 Å². The summed E-state index contributed by atoms with van der Waals surface area (Å²) >= 11 is 0. The molecule has 2 aliphatic rings. The third kappa shape index (κ3) is 3.03. The summed E-state index contributed by atoms with van der Waals surface area (Å²) < 4.78 is 5.79. The average Bonchev–Trinajstić information content (AvgIpc) is 3.36. The van der Waals surface area contributed by atoms with Gasteiger partial charge in [-0.05, 0) is 47.2 Å². The number of nitrogens with one attached hydrogen (secondary N) is 1. The maximum atomic E-state index is 12.9. The van der Waals surface area contributed by atoms with E-state index in [2.05, 4.69) is 29.2 Å². The zero-order chi connectivity index (χ0) is 19.8. The number of amides is 1. The van der Waals surface area contributed by atoms with Crippen LogP contribution in [0.4, 0.5) is 4.79 Å². The minimum absolute atomic E-state index is 0.0348. The molecule has 1 N–H and O–H groups in total. The zero-order valence-electron chi connectivity index (χ0n) is 16.0. The first-order chi connectivity index (χ1) is 14.2. The molecule has 146 valence electrons. The third-order valence-electron chi connectivity index (χ3n) is 6.03. The van der Waals surface area contributed by atoms with Crippen LogP contribution in [0.25, 0.3) is 11.1 Å². The predicted octanol–water partition coefficient (Wildman–Crippen LogP) is 4.46. The van der Waals surface area contributed by atoms with Gasteiger partial charge in [0.1, 0.15) is 6.61 Å². The Morgan fingerprint density at radius 3 is 2.31 bits per heavy atom. The van der Waals surface area contributed by atoms with E-state index in [1.807, 2.05) is 24.3 Å². The van der Waals surface area contributed by atoms with E-state index in [9.17, 15) is 9.59 Å². The van der Waals surface area contributed by atoms with Crippen LogP contribution in [0.2, 0.25) is 0 Å². The van der Waals surface area contributed by atoms with Crippen LogP contribution in [0.5, 0.6) is 0 Å².